The lowest BCUT2D eigenvalue weighted by Gasteiger charge is -2.13. The topological polar surface area (TPSA) is 71.3 Å². The second-order valence-electron chi connectivity index (χ2n) is 5.30. The van der Waals surface area contributed by atoms with Crippen molar-refractivity contribution in [3.05, 3.63) is 24.2 Å². The summed E-state index contributed by atoms with van der Waals surface area (Å²) in [5.41, 5.74) is 0. The van der Waals surface area contributed by atoms with Gasteiger partial charge in [0.2, 0.25) is 5.91 Å². The highest BCUT2D eigenvalue weighted by Crippen LogP contribution is 2.05. The third kappa shape index (κ3) is 7.54. The van der Waals surface area contributed by atoms with Crippen LogP contribution in [0.25, 0.3) is 0 Å². The number of unbranched alkanes of at least 4 members (excludes halogenated alkanes) is 3. The molecule has 21 heavy (non-hydrogen) atoms. The molecule has 1 aromatic rings. The Bertz CT molecular complexity index is 415. The van der Waals surface area contributed by atoms with Crippen LogP contribution in [0.1, 0.15) is 62.9 Å². The van der Waals surface area contributed by atoms with E-state index in [9.17, 15) is 9.59 Å². The fraction of sp³-hybridized carbons (Fsp3) is 0.625. The van der Waals surface area contributed by atoms with Gasteiger partial charge >= 0.3 is 0 Å². The summed E-state index contributed by atoms with van der Waals surface area (Å²) in [4.78, 5) is 23.3. The molecular weight excluding hydrogens is 268 g/mol. The van der Waals surface area contributed by atoms with Crippen molar-refractivity contribution in [1.82, 2.24) is 10.6 Å². The van der Waals surface area contributed by atoms with Gasteiger partial charge < -0.3 is 15.1 Å². The first-order valence-corrected chi connectivity index (χ1v) is 7.74. The zero-order chi connectivity index (χ0) is 15.5. The molecule has 2 N–H and O–H groups in total. The fourth-order valence-electron chi connectivity index (χ4n) is 2.08. The Morgan fingerprint density at radius 1 is 1.29 bits per heavy atom. The zero-order valence-electron chi connectivity index (χ0n) is 13.0. The molecule has 0 spiro atoms. The van der Waals surface area contributed by atoms with Crippen LogP contribution in [-0.2, 0) is 4.79 Å². The molecule has 0 saturated heterocycles. The van der Waals surface area contributed by atoms with Gasteiger partial charge in [0.15, 0.2) is 5.76 Å². The molecule has 1 unspecified atom stereocenters. The zero-order valence-corrected chi connectivity index (χ0v) is 13.0. The Labute approximate surface area is 126 Å². The first-order chi connectivity index (χ1) is 10.1. The summed E-state index contributed by atoms with van der Waals surface area (Å²) in [7, 11) is 0. The molecule has 2 amide bonds. The highest BCUT2D eigenvalue weighted by molar-refractivity contribution is 5.91. The van der Waals surface area contributed by atoms with E-state index in [0.717, 1.165) is 12.8 Å². The predicted molar refractivity (Wildman–Crippen MR) is 82.0 cm³/mol. The lowest BCUT2D eigenvalue weighted by molar-refractivity contribution is -0.121. The van der Waals surface area contributed by atoms with Gasteiger partial charge in [-0.25, -0.2) is 0 Å². The van der Waals surface area contributed by atoms with Crippen molar-refractivity contribution in [3.8, 4) is 0 Å². The van der Waals surface area contributed by atoms with E-state index in [0.29, 0.717) is 6.54 Å². The van der Waals surface area contributed by atoms with Crippen LogP contribution in [0.3, 0.4) is 0 Å². The van der Waals surface area contributed by atoms with E-state index >= 15 is 0 Å². The standard InChI is InChI=1S/C16H26N2O3/c1-3-4-5-6-8-13(2)18-15(19)10-11-17-16(20)14-9-7-12-21-14/h7,9,12-13H,3-6,8,10-11H2,1-2H3,(H,17,20)(H,18,19). The number of hydrogen-bond donors (Lipinski definition) is 2. The second-order valence-corrected chi connectivity index (χ2v) is 5.30. The molecule has 1 aromatic heterocycles. The highest BCUT2D eigenvalue weighted by Gasteiger charge is 2.10. The summed E-state index contributed by atoms with van der Waals surface area (Å²) < 4.78 is 4.97. The summed E-state index contributed by atoms with van der Waals surface area (Å²) in [5.74, 6) is -0.0575. The maximum atomic E-state index is 11.7. The van der Waals surface area contributed by atoms with Gasteiger partial charge in [-0.1, -0.05) is 32.6 Å². The molecule has 118 valence electrons. The molecule has 0 saturated carbocycles. The smallest absolute Gasteiger partial charge is 0.286 e. The number of nitrogens with one attached hydrogen (secondary N) is 2. The van der Waals surface area contributed by atoms with Crippen LogP contribution >= 0.6 is 0 Å². The lowest BCUT2D eigenvalue weighted by atomic mass is 10.1. The minimum absolute atomic E-state index is 0.0299. The molecule has 0 aromatic carbocycles. The molecule has 0 radical (unpaired) electrons. The monoisotopic (exact) mass is 294 g/mol. The number of furan rings is 1. The van der Waals surface area contributed by atoms with Crippen molar-refractivity contribution in [2.75, 3.05) is 6.54 Å². The molecule has 0 aliphatic carbocycles. The van der Waals surface area contributed by atoms with Gasteiger partial charge in [0.05, 0.1) is 6.26 Å². The number of amides is 2. The summed E-state index contributed by atoms with van der Waals surface area (Å²) in [6, 6.07) is 3.44. The van der Waals surface area contributed by atoms with Crippen molar-refractivity contribution in [3.63, 3.8) is 0 Å². The number of carbonyl (C=O) groups is 2. The third-order valence-electron chi connectivity index (χ3n) is 3.28. The van der Waals surface area contributed by atoms with Gasteiger partial charge in [0, 0.05) is 19.0 Å². The van der Waals surface area contributed by atoms with Crippen LogP contribution in [0.2, 0.25) is 0 Å². The van der Waals surface area contributed by atoms with E-state index in [4.69, 9.17) is 4.42 Å². The SMILES string of the molecule is CCCCCCC(C)NC(=O)CCNC(=O)c1ccco1. The molecule has 0 aliphatic rings. The first-order valence-electron chi connectivity index (χ1n) is 7.74. The van der Waals surface area contributed by atoms with Gasteiger partial charge in [-0.15, -0.1) is 0 Å². The maximum Gasteiger partial charge on any atom is 0.286 e. The Morgan fingerprint density at radius 2 is 2.10 bits per heavy atom. The highest BCUT2D eigenvalue weighted by atomic mass is 16.3. The van der Waals surface area contributed by atoms with E-state index in [2.05, 4.69) is 17.6 Å². The van der Waals surface area contributed by atoms with Crippen LogP contribution in [0.5, 0.6) is 0 Å². The molecule has 0 fully saturated rings. The van der Waals surface area contributed by atoms with Crippen molar-refractivity contribution in [1.29, 1.82) is 0 Å². The summed E-state index contributed by atoms with van der Waals surface area (Å²) >= 11 is 0. The lowest BCUT2D eigenvalue weighted by Crippen LogP contribution is -2.35. The van der Waals surface area contributed by atoms with Crippen molar-refractivity contribution in [2.24, 2.45) is 0 Å². The molecule has 0 aliphatic heterocycles. The maximum absolute atomic E-state index is 11.7. The first kappa shape index (κ1) is 17.3. The van der Waals surface area contributed by atoms with Gasteiger partial charge in [0.25, 0.3) is 5.91 Å². The molecule has 5 nitrogen and oxygen atoms in total. The average molecular weight is 294 g/mol. The normalized spacial score (nSPS) is 11.9. The average Bonchev–Trinajstić information content (AvgIpc) is 2.97. The number of carbonyl (C=O) groups excluding carboxylic acids is 2. The molecular formula is C16H26N2O3. The van der Waals surface area contributed by atoms with E-state index in [-0.39, 0.29) is 30.0 Å². The summed E-state index contributed by atoms with van der Waals surface area (Å²) in [6.07, 6.45) is 7.56. The van der Waals surface area contributed by atoms with Crippen LogP contribution in [0.15, 0.2) is 22.8 Å². The van der Waals surface area contributed by atoms with E-state index in [1.54, 1.807) is 12.1 Å². The van der Waals surface area contributed by atoms with E-state index < -0.39 is 0 Å². The minimum atomic E-state index is -0.291. The van der Waals surface area contributed by atoms with E-state index in [1.807, 2.05) is 6.92 Å². The van der Waals surface area contributed by atoms with Crippen LogP contribution in [0.4, 0.5) is 0 Å². The van der Waals surface area contributed by atoms with Gasteiger partial charge in [-0.05, 0) is 25.5 Å². The van der Waals surface area contributed by atoms with Gasteiger partial charge in [0.1, 0.15) is 0 Å². The van der Waals surface area contributed by atoms with Crippen LogP contribution < -0.4 is 10.6 Å². The molecule has 1 atom stereocenters. The Hall–Kier alpha value is -1.78. The third-order valence-corrected chi connectivity index (χ3v) is 3.28. The Kier molecular flexibility index (Phi) is 8.24. The molecule has 5 heteroatoms. The largest absolute Gasteiger partial charge is 0.459 e. The van der Waals surface area contributed by atoms with Gasteiger partial charge in [-0.3, -0.25) is 9.59 Å². The predicted octanol–water partition coefficient (Wildman–Crippen LogP) is 2.87. The Morgan fingerprint density at radius 3 is 2.76 bits per heavy atom. The van der Waals surface area contributed by atoms with Crippen molar-refractivity contribution >= 4 is 11.8 Å². The second kappa shape index (κ2) is 10.0. The van der Waals surface area contributed by atoms with Crippen molar-refractivity contribution < 1.29 is 14.0 Å². The number of rotatable bonds is 10. The molecule has 0 bridgehead atoms. The van der Waals surface area contributed by atoms with Crippen LogP contribution in [0, 0.1) is 0 Å². The number of hydrogen-bond acceptors (Lipinski definition) is 3. The van der Waals surface area contributed by atoms with Crippen LogP contribution in [-0.4, -0.2) is 24.4 Å². The molecule has 1 heterocycles. The summed E-state index contributed by atoms with van der Waals surface area (Å²) in [6.45, 7) is 4.52. The fourth-order valence-corrected chi connectivity index (χ4v) is 2.08. The quantitative estimate of drug-likeness (QED) is 0.652. The Balaban J connectivity index is 2.09. The summed E-state index contributed by atoms with van der Waals surface area (Å²) in [5, 5.41) is 5.61. The van der Waals surface area contributed by atoms with Crippen molar-refractivity contribution in [2.45, 2.75) is 58.4 Å². The van der Waals surface area contributed by atoms with Gasteiger partial charge in [-0.2, -0.15) is 0 Å². The van der Waals surface area contributed by atoms with E-state index in [1.165, 1.54) is 25.5 Å². The molecule has 1 rings (SSSR count). The minimum Gasteiger partial charge on any atom is -0.459 e.